The number of ether oxygens (including phenoxy) is 1. The van der Waals surface area contributed by atoms with Crippen LogP contribution in [0.2, 0.25) is 0 Å². The third kappa shape index (κ3) is 5.86. The Labute approximate surface area is 231 Å². The maximum Gasteiger partial charge on any atom is 0.255 e. The fourth-order valence-corrected chi connectivity index (χ4v) is 4.86. The Balaban J connectivity index is 1.30. The second-order valence-electron chi connectivity index (χ2n) is 9.88. The van der Waals surface area contributed by atoms with E-state index in [2.05, 4.69) is 26.9 Å². The monoisotopic (exact) mass is 542 g/mol. The molecule has 2 aromatic heterocycles. The summed E-state index contributed by atoms with van der Waals surface area (Å²) >= 11 is 0. The first-order chi connectivity index (χ1) is 19.3. The summed E-state index contributed by atoms with van der Waals surface area (Å²) in [6, 6.07) is 13.7. The fraction of sp³-hybridized carbons (Fsp3) is 0.267. The van der Waals surface area contributed by atoms with Crippen LogP contribution >= 0.6 is 0 Å². The molecule has 0 bridgehead atoms. The third-order valence-electron chi connectivity index (χ3n) is 7.08. The van der Waals surface area contributed by atoms with E-state index in [1.165, 1.54) is 12.1 Å². The van der Waals surface area contributed by atoms with Crippen molar-refractivity contribution in [1.29, 1.82) is 0 Å². The molecule has 2 amide bonds. The summed E-state index contributed by atoms with van der Waals surface area (Å²) in [5.41, 5.74) is 2.77. The standard InChI is InChI=1S/C30H31FN6O3/c1-4-28(38)36-15-14-35(18-21(36)3)19-27(23-7-6-20(2)25(31)16-23)40-24-10-8-22(9-11-24)30(39)34-26-17-33-37-13-5-12-32-29(26)37/h4-13,16-17,21,27H,1,14-15,18-19H2,2-3H3,(H,34,39)/t21-,27+/m1/s1. The van der Waals surface area contributed by atoms with Gasteiger partial charge in [-0.15, -0.1) is 0 Å². The lowest BCUT2D eigenvalue weighted by molar-refractivity contribution is -0.130. The van der Waals surface area contributed by atoms with Gasteiger partial charge < -0.3 is 15.0 Å². The summed E-state index contributed by atoms with van der Waals surface area (Å²) in [6.07, 6.45) is 5.81. The smallest absolute Gasteiger partial charge is 0.255 e. The summed E-state index contributed by atoms with van der Waals surface area (Å²) in [7, 11) is 0. The van der Waals surface area contributed by atoms with Crippen LogP contribution in [0.4, 0.5) is 10.1 Å². The molecule has 0 saturated carbocycles. The quantitative estimate of drug-likeness (QED) is 0.335. The Bertz CT molecular complexity index is 1540. The average molecular weight is 543 g/mol. The zero-order chi connectivity index (χ0) is 28.2. The molecular formula is C30H31FN6O3. The molecule has 40 heavy (non-hydrogen) atoms. The van der Waals surface area contributed by atoms with Crippen LogP contribution in [0, 0.1) is 12.7 Å². The number of benzene rings is 2. The predicted molar refractivity (Wildman–Crippen MR) is 150 cm³/mol. The maximum absolute atomic E-state index is 14.5. The van der Waals surface area contributed by atoms with Gasteiger partial charge in [-0.3, -0.25) is 14.5 Å². The highest BCUT2D eigenvalue weighted by atomic mass is 19.1. The zero-order valence-electron chi connectivity index (χ0n) is 22.5. The van der Waals surface area contributed by atoms with Crippen molar-refractivity contribution in [3.63, 3.8) is 0 Å². The van der Waals surface area contributed by atoms with Crippen molar-refractivity contribution < 1.29 is 18.7 Å². The van der Waals surface area contributed by atoms with Crippen molar-refractivity contribution in [2.45, 2.75) is 26.0 Å². The van der Waals surface area contributed by atoms with E-state index in [0.717, 1.165) is 0 Å². The normalized spacial score (nSPS) is 16.5. The van der Waals surface area contributed by atoms with Crippen LogP contribution in [-0.4, -0.2) is 68.4 Å². The molecule has 0 spiro atoms. The van der Waals surface area contributed by atoms with Crippen LogP contribution < -0.4 is 10.1 Å². The number of piperazine rings is 1. The Morgan fingerprint density at radius 2 is 2.02 bits per heavy atom. The minimum Gasteiger partial charge on any atom is -0.484 e. The lowest BCUT2D eigenvalue weighted by Crippen LogP contribution is -2.54. The number of halogens is 1. The van der Waals surface area contributed by atoms with E-state index in [0.29, 0.717) is 60.0 Å². The van der Waals surface area contributed by atoms with E-state index in [1.807, 2.05) is 13.0 Å². The summed E-state index contributed by atoms with van der Waals surface area (Å²) in [6.45, 7) is 9.72. The summed E-state index contributed by atoms with van der Waals surface area (Å²) in [5, 5.41) is 7.03. The third-order valence-corrected chi connectivity index (χ3v) is 7.08. The van der Waals surface area contributed by atoms with Crippen LogP contribution in [0.5, 0.6) is 5.75 Å². The van der Waals surface area contributed by atoms with Crippen molar-refractivity contribution in [3.8, 4) is 5.75 Å². The second-order valence-corrected chi connectivity index (χ2v) is 9.88. The highest BCUT2D eigenvalue weighted by Crippen LogP contribution is 2.26. The van der Waals surface area contributed by atoms with E-state index < -0.39 is 6.10 Å². The molecule has 0 aliphatic carbocycles. The van der Waals surface area contributed by atoms with Crippen molar-refractivity contribution in [3.05, 3.63) is 102 Å². The van der Waals surface area contributed by atoms with Gasteiger partial charge in [0.1, 0.15) is 23.4 Å². The average Bonchev–Trinajstić information content (AvgIpc) is 3.37. The minimum atomic E-state index is -0.464. The van der Waals surface area contributed by atoms with E-state index in [9.17, 15) is 14.0 Å². The van der Waals surface area contributed by atoms with Crippen molar-refractivity contribution in [2.75, 3.05) is 31.5 Å². The Hall–Kier alpha value is -4.57. The first-order valence-electron chi connectivity index (χ1n) is 13.1. The van der Waals surface area contributed by atoms with Gasteiger partial charge in [0, 0.05) is 50.2 Å². The fourth-order valence-electron chi connectivity index (χ4n) is 4.86. The van der Waals surface area contributed by atoms with Crippen LogP contribution in [0.3, 0.4) is 0 Å². The highest BCUT2D eigenvalue weighted by Gasteiger charge is 2.28. The molecule has 1 fully saturated rings. The van der Waals surface area contributed by atoms with Crippen molar-refractivity contribution in [2.24, 2.45) is 0 Å². The highest BCUT2D eigenvalue weighted by molar-refractivity contribution is 6.05. The molecule has 0 radical (unpaired) electrons. The number of aryl methyl sites for hydroxylation is 1. The number of carbonyl (C=O) groups is 2. The first kappa shape index (κ1) is 27.0. The lowest BCUT2D eigenvalue weighted by atomic mass is 10.0. The Morgan fingerprint density at radius 3 is 2.75 bits per heavy atom. The summed E-state index contributed by atoms with van der Waals surface area (Å²) in [5.74, 6) is -0.128. The van der Waals surface area contributed by atoms with Crippen LogP contribution in [0.15, 0.2) is 79.8 Å². The molecule has 1 aliphatic heterocycles. The molecular weight excluding hydrogens is 511 g/mol. The van der Waals surface area contributed by atoms with E-state index >= 15 is 0 Å². The molecule has 4 aromatic rings. The van der Waals surface area contributed by atoms with Gasteiger partial charge in [-0.1, -0.05) is 18.7 Å². The zero-order valence-corrected chi connectivity index (χ0v) is 22.5. The van der Waals surface area contributed by atoms with Gasteiger partial charge in [0.15, 0.2) is 5.65 Å². The molecule has 9 nitrogen and oxygen atoms in total. The Morgan fingerprint density at radius 1 is 1.23 bits per heavy atom. The van der Waals surface area contributed by atoms with Gasteiger partial charge in [0.2, 0.25) is 5.91 Å². The number of hydrogen-bond acceptors (Lipinski definition) is 6. The van der Waals surface area contributed by atoms with Gasteiger partial charge >= 0.3 is 0 Å². The molecule has 5 rings (SSSR count). The van der Waals surface area contributed by atoms with Gasteiger partial charge in [-0.25, -0.2) is 13.9 Å². The SMILES string of the molecule is C=CC(=O)N1CCN(C[C@H](Oc2ccc(C(=O)Nc3cnn4cccnc34)cc2)c2ccc(C)c(F)c2)C[C@H]1C. The molecule has 206 valence electrons. The molecule has 3 heterocycles. The maximum atomic E-state index is 14.5. The number of nitrogens with one attached hydrogen (secondary N) is 1. The molecule has 10 heteroatoms. The largest absolute Gasteiger partial charge is 0.484 e. The van der Waals surface area contributed by atoms with Crippen LogP contribution in [0.1, 0.15) is 34.5 Å². The number of anilines is 1. The number of amides is 2. The molecule has 1 saturated heterocycles. The van der Waals surface area contributed by atoms with Gasteiger partial charge in [-0.2, -0.15) is 5.10 Å². The molecule has 1 N–H and O–H groups in total. The van der Waals surface area contributed by atoms with Crippen LogP contribution in [0.25, 0.3) is 5.65 Å². The number of fused-ring (bicyclic) bond motifs is 1. The van der Waals surface area contributed by atoms with Gasteiger partial charge in [0.25, 0.3) is 5.91 Å². The van der Waals surface area contributed by atoms with E-state index in [-0.39, 0.29) is 23.7 Å². The number of rotatable bonds is 8. The topological polar surface area (TPSA) is 92.1 Å². The van der Waals surface area contributed by atoms with Crippen molar-refractivity contribution >= 4 is 23.1 Å². The molecule has 1 aliphatic rings. The van der Waals surface area contributed by atoms with Crippen molar-refractivity contribution in [1.82, 2.24) is 24.4 Å². The molecule has 2 aromatic carbocycles. The number of aromatic nitrogens is 3. The number of hydrogen-bond donors (Lipinski definition) is 1. The first-order valence-corrected chi connectivity index (χ1v) is 13.1. The van der Waals surface area contributed by atoms with E-state index in [1.54, 1.807) is 71.3 Å². The Kier molecular flexibility index (Phi) is 7.88. The molecule has 0 unspecified atom stereocenters. The summed E-state index contributed by atoms with van der Waals surface area (Å²) < 4.78 is 22.5. The summed E-state index contributed by atoms with van der Waals surface area (Å²) in [4.78, 5) is 33.3. The van der Waals surface area contributed by atoms with E-state index in [4.69, 9.17) is 4.74 Å². The molecule has 2 atom stereocenters. The number of carbonyl (C=O) groups excluding carboxylic acids is 2. The van der Waals surface area contributed by atoms with Crippen LogP contribution in [-0.2, 0) is 4.79 Å². The predicted octanol–water partition coefficient (Wildman–Crippen LogP) is 4.27. The number of nitrogens with zero attached hydrogens (tertiary/aromatic N) is 5. The lowest BCUT2D eigenvalue weighted by Gasteiger charge is -2.40. The minimum absolute atomic E-state index is 0.01000. The second kappa shape index (κ2) is 11.7. The van der Waals surface area contributed by atoms with Gasteiger partial charge in [0.05, 0.1) is 6.20 Å². The van der Waals surface area contributed by atoms with Gasteiger partial charge in [-0.05, 0) is 67.4 Å².